The van der Waals surface area contributed by atoms with Crippen molar-refractivity contribution in [3.8, 4) is 11.3 Å². The lowest BCUT2D eigenvalue weighted by molar-refractivity contribution is -0.118. The van der Waals surface area contributed by atoms with Crippen molar-refractivity contribution in [1.29, 1.82) is 0 Å². The van der Waals surface area contributed by atoms with E-state index in [2.05, 4.69) is 38.3 Å². The highest BCUT2D eigenvalue weighted by molar-refractivity contribution is 7.16. The molecule has 0 bridgehead atoms. The van der Waals surface area contributed by atoms with Crippen LogP contribution < -0.4 is 10.6 Å². The number of thiazole rings is 1. The van der Waals surface area contributed by atoms with Crippen LogP contribution in [0.4, 0.5) is 10.8 Å². The van der Waals surface area contributed by atoms with Gasteiger partial charge >= 0.3 is 0 Å². The van der Waals surface area contributed by atoms with Gasteiger partial charge in [-0.1, -0.05) is 26.0 Å². The number of aromatic nitrogens is 1. The summed E-state index contributed by atoms with van der Waals surface area (Å²) in [7, 11) is 0. The van der Waals surface area contributed by atoms with E-state index in [1.54, 1.807) is 11.3 Å². The van der Waals surface area contributed by atoms with E-state index < -0.39 is 0 Å². The first-order valence-electron chi connectivity index (χ1n) is 7.82. The molecule has 2 N–H and O–H groups in total. The molecule has 5 heteroatoms. The SMILES string of the molecule is Cc1sc(NC(C)(C)C)nc1-c1ccc(NC(=O)C(C)C)cc1. The van der Waals surface area contributed by atoms with Crippen molar-refractivity contribution in [2.75, 3.05) is 10.6 Å². The lowest BCUT2D eigenvalue weighted by Crippen LogP contribution is -2.25. The van der Waals surface area contributed by atoms with Gasteiger partial charge in [0.1, 0.15) is 0 Å². The minimum atomic E-state index is -0.0264. The van der Waals surface area contributed by atoms with Crippen LogP contribution in [-0.2, 0) is 4.79 Å². The van der Waals surface area contributed by atoms with Gasteiger partial charge in [-0.3, -0.25) is 4.79 Å². The van der Waals surface area contributed by atoms with E-state index in [-0.39, 0.29) is 17.4 Å². The van der Waals surface area contributed by atoms with Crippen molar-refractivity contribution in [3.63, 3.8) is 0 Å². The van der Waals surface area contributed by atoms with Crippen molar-refractivity contribution in [2.45, 2.75) is 47.1 Å². The second kappa shape index (κ2) is 6.71. The topological polar surface area (TPSA) is 54.0 Å². The monoisotopic (exact) mass is 331 g/mol. The van der Waals surface area contributed by atoms with E-state index in [4.69, 9.17) is 4.98 Å². The Hall–Kier alpha value is -1.88. The van der Waals surface area contributed by atoms with Crippen molar-refractivity contribution in [2.24, 2.45) is 5.92 Å². The second-order valence-electron chi connectivity index (χ2n) is 7.02. The summed E-state index contributed by atoms with van der Waals surface area (Å²) in [6, 6.07) is 7.84. The number of carbonyl (C=O) groups is 1. The molecule has 23 heavy (non-hydrogen) atoms. The molecule has 2 rings (SSSR count). The van der Waals surface area contributed by atoms with E-state index in [1.165, 1.54) is 4.88 Å². The summed E-state index contributed by atoms with van der Waals surface area (Å²) in [5.74, 6) is 0.000689. The third-order valence-electron chi connectivity index (χ3n) is 3.23. The number of nitrogens with zero attached hydrogens (tertiary/aromatic N) is 1. The highest BCUT2D eigenvalue weighted by Gasteiger charge is 2.15. The number of hydrogen-bond acceptors (Lipinski definition) is 4. The van der Waals surface area contributed by atoms with Crippen LogP contribution in [0.2, 0.25) is 0 Å². The van der Waals surface area contributed by atoms with Crippen molar-refractivity contribution in [1.82, 2.24) is 4.98 Å². The highest BCUT2D eigenvalue weighted by Crippen LogP contribution is 2.32. The fourth-order valence-electron chi connectivity index (χ4n) is 2.04. The third-order valence-corrected chi connectivity index (χ3v) is 4.12. The van der Waals surface area contributed by atoms with Crippen molar-refractivity contribution in [3.05, 3.63) is 29.1 Å². The predicted octanol–water partition coefficient (Wildman–Crippen LogP) is 4.92. The van der Waals surface area contributed by atoms with E-state index in [1.807, 2.05) is 38.1 Å². The maximum Gasteiger partial charge on any atom is 0.226 e. The number of amides is 1. The lowest BCUT2D eigenvalue weighted by atomic mass is 10.1. The predicted molar refractivity (Wildman–Crippen MR) is 99.1 cm³/mol. The lowest BCUT2D eigenvalue weighted by Gasteiger charge is -2.19. The van der Waals surface area contributed by atoms with Crippen LogP contribution in [0, 0.1) is 12.8 Å². The van der Waals surface area contributed by atoms with Crippen molar-refractivity contribution >= 4 is 28.1 Å². The van der Waals surface area contributed by atoms with Gasteiger partial charge in [-0.2, -0.15) is 0 Å². The molecule has 124 valence electrons. The molecule has 0 aliphatic heterocycles. The van der Waals surface area contributed by atoms with Gasteiger partial charge in [-0.15, -0.1) is 11.3 Å². The summed E-state index contributed by atoms with van der Waals surface area (Å²) in [5.41, 5.74) is 2.85. The zero-order valence-electron chi connectivity index (χ0n) is 14.7. The molecule has 0 fully saturated rings. The Morgan fingerprint density at radius 3 is 2.30 bits per heavy atom. The standard InChI is InChI=1S/C18H25N3OS/c1-11(2)16(22)19-14-9-7-13(8-10-14)15-12(3)23-17(20-15)21-18(4,5)6/h7-11H,1-6H3,(H,19,22)(H,20,21). The zero-order chi connectivity index (χ0) is 17.2. The van der Waals surface area contributed by atoms with E-state index >= 15 is 0 Å². The average molecular weight is 331 g/mol. The van der Waals surface area contributed by atoms with E-state index in [0.717, 1.165) is 22.1 Å². The molecule has 1 aromatic heterocycles. The molecule has 0 radical (unpaired) electrons. The first-order valence-corrected chi connectivity index (χ1v) is 8.64. The maximum atomic E-state index is 11.7. The largest absolute Gasteiger partial charge is 0.357 e. The normalized spacial score (nSPS) is 11.6. The van der Waals surface area contributed by atoms with Gasteiger partial charge in [0.2, 0.25) is 5.91 Å². The van der Waals surface area contributed by atoms with Gasteiger partial charge < -0.3 is 10.6 Å². The maximum absolute atomic E-state index is 11.7. The first-order chi connectivity index (χ1) is 10.7. The molecule has 0 spiro atoms. The molecule has 1 aromatic carbocycles. The van der Waals surface area contributed by atoms with Crippen LogP contribution in [0.5, 0.6) is 0 Å². The molecule has 0 saturated carbocycles. The van der Waals surface area contributed by atoms with Crippen LogP contribution in [0.3, 0.4) is 0 Å². The third kappa shape index (κ3) is 4.79. The molecular weight excluding hydrogens is 306 g/mol. The van der Waals surface area contributed by atoms with Gasteiger partial charge in [0.05, 0.1) is 5.69 Å². The summed E-state index contributed by atoms with van der Waals surface area (Å²) < 4.78 is 0. The van der Waals surface area contributed by atoms with Gasteiger partial charge in [0.25, 0.3) is 0 Å². The number of aryl methyl sites for hydroxylation is 1. The Morgan fingerprint density at radius 1 is 1.17 bits per heavy atom. The molecule has 0 atom stereocenters. The molecule has 0 aliphatic carbocycles. The van der Waals surface area contributed by atoms with Crippen LogP contribution in [-0.4, -0.2) is 16.4 Å². The smallest absolute Gasteiger partial charge is 0.226 e. The number of anilines is 2. The van der Waals surface area contributed by atoms with Gasteiger partial charge in [0, 0.05) is 27.6 Å². The van der Waals surface area contributed by atoms with Gasteiger partial charge in [-0.05, 0) is 39.8 Å². The number of rotatable bonds is 4. The molecule has 2 aromatic rings. The minimum absolute atomic E-state index is 0.00739. The van der Waals surface area contributed by atoms with Gasteiger partial charge in [-0.25, -0.2) is 4.98 Å². The number of nitrogens with one attached hydrogen (secondary N) is 2. The summed E-state index contributed by atoms with van der Waals surface area (Å²) in [4.78, 5) is 17.6. The second-order valence-corrected chi connectivity index (χ2v) is 8.22. The summed E-state index contributed by atoms with van der Waals surface area (Å²) >= 11 is 1.66. The summed E-state index contributed by atoms with van der Waals surface area (Å²) in [6.45, 7) is 12.2. The Labute approximate surface area is 142 Å². The van der Waals surface area contributed by atoms with Crippen molar-refractivity contribution < 1.29 is 4.79 Å². The van der Waals surface area contributed by atoms with Gasteiger partial charge in [0.15, 0.2) is 5.13 Å². The Bertz CT molecular complexity index is 681. The zero-order valence-corrected chi connectivity index (χ0v) is 15.5. The fraction of sp³-hybridized carbons (Fsp3) is 0.444. The number of carbonyl (C=O) groups excluding carboxylic acids is 1. The van der Waals surface area contributed by atoms with E-state index in [9.17, 15) is 4.79 Å². The Kier molecular flexibility index (Phi) is 5.09. The first kappa shape index (κ1) is 17.5. The van der Waals surface area contributed by atoms with Crippen LogP contribution in [0.15, 0.2) is 24.3 Å². The molecule has 1 amide bonds. The average Bonchev–Trinajstić information content (AvgIpc) is 2.78. The summed E-state index contributed by atoms with van der Waals surface area (Å²) in [5, 5.41) is 7.25. The van der Waals surface area contributed by atoms with Crippen LogP contribution in [0.1, 0.15) is 39.5 Å². The number of benzene rings is 1. The molecule has 0 saturated heterocycles. The Morgan fingerprint density at radius 2 is 1.78 bits per heavy atom. The molecular formula is C18H25N3OS. The van der Waals surface area contributed by atoms with Crippen LogP contribution in [0.25, 0.3) is 11.3 Å². The molecule has 0 aliphatic rings. The number of hydrogen-bond donors (Lipinski definition) is 2. The molecule has 1 heterocycles. The highest BCUT2D eigenvalue weighted by atomic mass is 32.1. The molecule has 4 nitrogen and oxygen atoms in total. The fourth-order valence-corrected chi connectivity index (χ4v) is 3.08. The quantitative estimate of drug-likeness (QED) is 0.836. The Balaban J connectivity index is 2.18. The minimum Gasteiger partial charge on any atom is -0.357 e. The molecule has 0 unspecified atom stereocenters. The van der Waals surface area contributed by atoms with Crippen LogP contribution >= 0.6 is 11.3 Å². The van der Waals surface area contributed by atoms with E-state index in [0.29, 0.717) is 0 Å². The summed E-state index contributed by atoms with van der Waals surface area (Å²) in [6.07, 6.45) is 0.